The quantitative estimate of drug-likeness (QED) is 0.122. The molecule has 3 aromatic heterocycles. The van der Waals surface area contributed by atoms with Gasteiger partial charge >= 0.3 is 16.3 Å². The molecule has 4 atom stereocenters. The number of hydrogen-bond acceptors (Lipinski definition) is 21. The van der Waals surface area contributed by atoms with Gasteiger partial charge in [-0.25, -0.2) is 14.5 Å². The lowest BCUT2D eigenvalue weighted by molar-refractivity contribution is -0.127. The first-order valence-electron chi connectivity index (χ1n) is 13.2. The predicted octanol–water partition coefficient (Wildman–Crippen LogP) is -2.64. The van der Waals surface area contributed by atoms with Crippen LogP contribution >= 0.6 is 16.3 Å². The van der Waals surface area contributed by atoms with Gasteiger partial charge in [-0.2, -0.15) is 24.8 Å². The van der Waals surface area contributed by atoms with Crippen LogP contribution in [0.5, 0.6) is 11.5 Å². The lowest BCUT2D eigenvalue weighted by atomic mass is 10.2. The van der Waals surface area contributed by atoms with Crippen LogP contribution in [-0.4, -0.2) is 86.4 Å². The van der Waals surface area contributed by atoms with Crippen molar-refractivity contribution in [3.63, 3.8) is 0 Å². The summed E-state index contributed by atoms with van der Waals surface area (Å²) in [6, 6.07) is 1.05. The van der Waals surface area contributed by atoms with Gasteiger partial charge in [0.1, 0.15) is 36.7 Å². The summed E-state index contributed by atoms with van der Waals surface area (Å²) in [5.74, 6) is -4.74. The Hall–Kier alpha value is -4.56. The van der Waals surface area contributed by atoms with E-state index in [1.165, 1.54) is 11.1 Å². The number of nitrogens with two attached hydrogens (primary N) is 2. The number of hydrogen-bond donors (Lipinski definition) is 11. The van der Waals surface area contributed by atoms with Gasteiger partial charge in [-0.1, -0.05) is 0 Å². The molecule has 13 N–H and O–H groups in total. The van der Waals surface area contributed by atoms with Crippen molar-refractivity contribution in [2.45, 2.75) is 31.2 Å². The van der Waals surface area contributed by atoms with E-state index < -0.39 is 88.1 Å². The molecule has 248 valence electrons. The lowest BCUT2D eigenvalue weighted by Gasteiger charge is -2.35. The minimum atomic E-state index is -5.01. The maximum atomic E-state index is 12.4. The van der Waals surface area contributed by atoms with Crippen LogP contribution in [-0.2, 0) is 29.7 Å². The van der Waals surface area contributed by atoms with Gasteiger partial charge in [0.2, 0.25) is 17.5 Å². The number of carbonyl (C=O) groups excluding carboxylic acids is 1. The van der Waals surface area contributed by atoms with E-state index in [0.29, 0.717) is 6.26 Å². The Balaban J connectivity index is 1.27. The Labute approximate surface area is 262 Å². The number of carbonyl (C=O) groups is 1. The minimum Gasteiger partial charge on any atom is -0.500 e. The summed E-state index contributed by atoms with van der Waals surface area (Å²) in [5.41, 5.74) is 11.7. The Morgan fingerprint density at radius 1 is 1.17 bits per heavy atom. The molecule has 7 heterocycles. The second kappa shape index (κ2) is 11.0. The fraction of sp³-hybridized carbons (Fsp3) is 0.273. The number of aliphatic hydroxyl groups excluding tert-OH is 1. The molecule has 7 rings (SSSR count). The molecule has 0 saturated carbocycles. The van der Waals surface area contributed by atoms with E-state index in [0.717, 1.165) is 10.9 Å². The SMILES string of the molecule is N#Cc1cn(-c2oc3c(c2O)O[P+](O)(O)O/C=C2/OC(N4CN[C@H]5C(=O)NC(N)NC54)=C(O[P+](O)(O)OC3)[C@@H]2O)c2ncnc(N)c12. The van der Waals surface area contributed by atoms with Gasteiger partial charge < -0.3 is 35.3 Å². The second-order valence-electron chi connectivity index (χ2n) is 10.1. The van der Waals surface area contributed by atoms with Crippen LogP contribution in [0, 0.1) is 11.3 Å². The third-order valence-corrected chi connectivity index (χ3v) is 8.91. The number of anilines is 1. The molecular weight excluding hydrogens is 674 g/mol. The first kappa shape index (κ1) is 31.1. The van der Waals surface area contributed by atoms with Crippen molar-refractivity contribution in [1.29, 1.82) is 5.26 Å². The fourth-order valence-electron chi connectivity index (χ4n) is 5.19. The summed E-state index contributed by atoms with van der Waals surface area (Å²) in [4.78, 5) is 64.6. The van der Waals surface area contributed by atoms with E-state index >= 15 is 0 Å². The van der Waals surface area contributed by atoms with Gasteiger partial charge in [0, 0.05) is 6.20 Å². The Kier molecular flexibility index (Phi) is 7.28. The van der Waals surface area contributed by atoms with Crippen molar-refractivity contribution in [1.82, 2.24) is 35.4 Å². The number of nitriles is 1. The lowest BCUT2D eigenvalue weighted by Crippen LogP contribution is -2.69. The van der Waals surface area contributed by atoms with Crippen molar-refractivity contribution < 1.29 is 61.8 Å². The highest BCUT2D eigenvalue weighted by atomic mass is 31.2. The van der Waals surface area contributed by atoms with Gasteiger partial charge in [-0.15, -0.1) is 4.52 Å². The molecule has 4 aliphatic rings. The molecule has 47 heavy (non-hydrogen) atoms. The molecule has 3 aromatic rings. The van der Waals surface area contributed by atoms with E-state index in [1.807, 2.05) is 6.07 Å². The molecule has 2 bridgehead atoms. The van der Waals surface area contributed by atoms with E-state index in [4.69, 9.17) is 38.7 Å². The summed E-state index contributed by atoms with van der Waals surface area (Å²) in [6.45, 7) is -1.05. The number of ether oxygens (including phenoxy) is 1. The zero-order valence-corrected chi connectivity index (χ0v) is 25.1. The number of amides is 1. The smallest absolute Gasteiger partial charge is 0.500 e. The number of fused-ring (bicyclic) bond motifs is 5. The van der Waals surface area contributed by atoms with Crippen molar-refractivity contribution in [3.05, 3.63) is 47.5 Å². The highest BCUT2D eigenvalue weighted by molar-refractivity contribution is 7.55. The third-order valence-electron chi connectivity index (χ3n) is 7.21. The monoisotopic (exact) mass is 698 g/mol. The summed E-state index contributed by atoms with van der Waals surface area (Å²) in [6.07, 6.45) is -0.941. The van der Waals surface area contributed by atoms with Gasteiger partial charge in [-0.05, 0) is 0 Å². The molecule has 0 radical (unpaired) electrons. The molecule has 2 saturated heterocycles. The molecule has 2 fully saturated rings. The van der Waals surface area contributed by atoms with E-state index in [9.17, 15) is 39.8 Å². The van der Waals surface area contributed by atoms with E-state index in [-0.39, 0.29) is 35.0 Å². The molecule has 0 aliphatic carbocycles. The summed E-state index contributed by atoms with van der Waals surface area (Å²) in [7, 11) is -9.98. The first-order chi connectivity index (χ1) is 22.3. The summed E-state index contributed by atoms with van der Waals surface area (Å²) >= 11 is 0. The van der Waals surface area contributed by atoms with Crippen LogP contribution in [0.4, 0.5) is 5.82 Å². The Morgan fingerprint density at radius 3 is 2.72 bits per heavy atom. The van der Waals surface area contributed by atoms with E-state index in [1.54, 1.807) is 0 Å². The average molecular weight is 698 g/mol. The van der Waals surface area contributed by atoms with Gasteiger partial charge in [-0.3, -0.25) is 34.8 Å². The molecule has 2 unspecified atom stereocenters. The van der Waals surface area contributed by atoms with Crippen molar-refractivity contribution >= 4 is 39.1 Å². The van der Waals surface area contributed by atoms with Crippen molar-refractivity contribution in [2.24, 2.45) is 5.73 Å². The van der Waals surface area contributed by atoms with Crippen LogP contribution in [0.25, 0.3) is 16.9 Å². The summed E-state index contributed by atoms with van der Waals surface area (Å²) < 4.78 is 33.2. The van der Waals surface area contributed by atoms with Crippen molar-refractivity contribution in [3.8, 4) is 23.5 Å². The number of nitrogens with one attached hydrogen (secondary N) is 3. The molecule has 4 aliphatic heterocycles. The normalized spacial score (nSPS) is 27.7. The van der Waals surface area contributed by atoms with Gasteiger partial charge in [0.05, 0.1) is 17.6 Å². The van der Waals surface area contributed by atoms with E-state index in [2.05, 4.69) is 25.9 Å². The second-order valence-corrected chi connectivity index (χ2v) is 12.9. The van der Waals surface area contributed by atoms with Crippen LogP contribution in [0.3, 0.4) is 0 Å². The number of nitrogen functional groups attached to an aromatic ring is 1. The third kappa shape index (κ3) is 5.28. The highest BCUT2D eigenvalue weighted by Gasteiger charge is 2.55. The zero-order chi connectivity index (χ0) is 33.4. The Bertz CT molecular complexity index is 1910. The topological polar surface area (TPSA) is 344 Å². The maximum absolute atomic E-state index is 12.4. The fourth-order valence-corrected chi connectivity index (χ4v) is 6.68. The molecule has 25 heteroatoms. The van der Waals surface area contributed by atoms with Gasteiger partial charge in [0.25, 0.3) is 17.4 Å². The molecule has 0 aromatic carbocycles. The number of aromatic hydroxyl groups is 1. The highest BCUT2D eigenvalue weighted by Crippen LogP contribution is 2.61. The minimum absolute atomic E-state index is 0.00257. The number of furan rings is 1. The summed E-state index contributed by atoms with van der Waals surface area (Å²) in [5, 5.41) is 40.1. The van der Waals surface area contributed by atoms with Crippen LogP contribution in [0.2, 0.25) is 0 Å². The van der Waals surface area contributed by atoms with Crippen LogP contribution in [0.1, 0.15) is 11.3 Å². The maximum Gasteiger partial charge on any atom is 0.663 e. The predicted molar refractivity (Wildman–Crippen MR) is 151 cm³/mol. The van der Waals surface area contributed by atoms with Crippen LogP contribution in [0.15, 0.2) is 40.6 Å². The first-order valence-corrected chi connectivity index (χ1v) is 16.2. The molecule has 23 nitrogen and oxygen atoms in total. The van der Waals surface area contributed by atoms with Gasteiger partial charge in [0.15, 0.2) is 36.1 Å². The number of aromatic nitrogens is 3. The number of nitrogens with zero attached hydrogens (tertiary/aromatic N) is 5. The van der Waals surface area contributed by atoms with Crippen molar-refractivity contribution in [2.75, 3.05) is 12.4 Å². The zero-order valence-electron chi connectivity index (χ0n) is 23.3. The standard InChI is InChI=1S/C22H22N10O13P2/c23-1-7-2-31(17-10(7)16(24)26-5-27-17)20-13(34)14-9(43-20)4-41-47(38,39)45-15-12(33)8(3-40-46(36,37)44-14)42-21(15)32-6-28-11-18(32)29-22(25)30-19(11)35/h2-3,5,11-12,18,22,28-29,33,36-39H,4,6,25H2,(H2-2,24,26,27,30,34,35)/p+2/b8-3+/t11-,12-,18?,22?/m1/s1. The van der Waals surface area contributed by atoms with Crippen LogP contribution < -0.4 is 31.9 Å². The average Bonchev–Trinajstić information content (AvgIpc) is 3.75. The molecule has 0 spiro atoms. The number of aliphatic hydroxyl groups is 1. The molecular formula is C22H24N10O13P2+2. The number of rotatable bonds is 2. The molecule has 1 amide bonds. The largest absolute Gasteiger partial charge is 0.663 e. The Morgan fingerprint density at radius 2 is 1.96 bits per heavy atom.